The van der Waals surface area contributed by atoms with Crippen molar-refractivity contribution in [2.45, 2.75) is 20.1 Å². The number of ether oxygens (including phenoxy) is 2. The highest BCUT2D eigenvalue weighted by Gasteiger charge is 2.00. The Balaban J connectivity index is 1.57. The summed E-state index contributed by atoms with van der Waals surface area (Å²) in [5.74, 6) is 1.74. The fourth-order valence-corrected chi connectivity index (χ4v) is 2.63. The van der Waals surface area contributed by atoms with E-state index in [2.05, 4.69) is 48.6 Å². The van der Waals surface area contributed by atoms with Gasteiger partial charge in [0.15, 0.2) is 0 Å². The monoisotopic (exact) mass is 333 g/mol. The molecule has 0 bridgehead atoms. The van der Waals surface area contributed by atoms with E-state index in [0.717, 1.165) is 23.7 Å². The second-order valence-corrected chi connectivity index (χ2v) is 6.01. The van der Waals surface area contributed by atoms with Crippen molar-refractivity contribution < 1.29 is 9.47 Å². The maximum absolute atomic E-state index is 5.93. The SMILES string of the molecule is COc1ccc(NCc2cccc(OCc3cccc(C)c3)c2)cc1. The first-order valence-electron chi connectivity index (χ1n) is 8.38. The molecule has 1 N–H and O–H groups in total. The minimum atomic E-state index is 0.580. The van der Waals surface area contributed by atoms with Crippen molar-refractivity contribution in [3.8, 4) is 11.5 Å². The van der Waals surface area contributed by atoms with Crippen molar-refractivity contribution in [3.05, 3.63) is 89.5 Å². The zero-order chi connectivity index (χ0) is 17.5. The first-order chi connectivity index (χ1) is 12.2. The van der Waals surface area contributed by atoms with Crippen molar-refractivity contribution in [3.63, 3.8) is 0 Å². The third-order valence-corrected chi connectivity index (χ3v) is 3.97. The summed E-state index contributed by atoms with van der Waals surface area (Å²) in [6, 6.07) is 24.5. The second-order valence-electron chi connectivity index (χ2n) is 6.01. The van der Waals surface area contributed by atoms with E-state index in [4.69, 9.17) is 9.47 Å². The molecule has 0 aliphatic carbocycles. The molecule has 0 saturated heterocycles. The summed E-state index contributed by atoms with van der Waals surface area (Å²) in [6.45, 7) is 3.42. The van der Waals surface area contributed by atoms with Crippen LogP contribution in [0, 0.1) is 6.92 Å². The van der Waals surface area contributed by atoms with Crippen molar-refractivity contribution in [1.82, 2.24) is 0 Å². The largest absolute Gasteiger partial charge is 0.497 e. The standard InChI is InChI=1S/C22H23NO2/c1-17-5-3-7-19(13-17)16-25-22-8-4-6-18(14-22)15-23-20-9-11-21(24-2)12-10-20/h3-14,23H,15-16H2,1-2H3. The molecule has 128 valence electrons. The highest BCUT2D eigenvalue weighted by Crippen LogP contribution is 2.19. The molecule has 3 aromatic rings. The number of hydrogen-bond acceptors (Lipinski definition) is 3. The number of nitrogens with one attached hydrogen (secondary N) is 1. The summed E-state index contributed by atoms with van der Waals surface area (Å²) in [6.07, 6.45) is 0. The van der Waals surface area contributed by atoms with Crippen LogP contribution >= 0.6 is 0 Å². The summed E-state index contributed by atoms with van der Waals surface area (Å²) in [7, 11) is 1.67. The summed E-state index contributed by atoms with van der Waals surface area (Å²) >= 11 is 0. The second kappa shape index (κ2) is 8.25. The lowest BCUT2D eigenvalue weighted by atomic mass is 10.1. The van der Waals surface area contributed by atoms with E-state index >= 15 is 0 Å². The van der Waals surface area contributed by atoms with Crippen LogP contribution in [0.1, 0.15) is 16.7 Å². The van der Waals surface area contributed by atoms with E-state index < -0.39 is 0 Å². The van der Waals surface area contributed by atoms with Gasteiger partial charge in [-0.1, -0.05) is 42.0 Å². The smallest absolute Gasteiger partial charge is 0.120 e. The van der Waals surface area contributed by atoms with E-state index in [1.807, 2.05) is 36.4 Å². The quantitative estimate of drug-likeness (QED) is 0.645. The predicted octanol–water partition coefficient (Wildman–Crippen LogP) is 5.19. The Hall–Kier alpha value is -2.94. The minimum Gasteiger partial charge on any atom is -0.497 e. The van der Waals surface area contributed by atoms with E-state index in [-0.39, 0.29) is 0 Å². The molecule has 0 amide bonds. The Bertz CT molecular complexity index is 812. The predicted molar refractivity (Wildman–Crippen MR) is 102 cm³/mol. The minimum absolute atomic E-state index is 0.580. The Morgan fingerprint density at radius 3 is 2.32 bits per heavy atom. The van der Waals surface area contributed by atoms with Crippen molar-refractivity contribution >= 4 is 5.69 Å². The van der Waals surface area contributed by atoms with E-state index in [1.54, 1.807) is 7.11 Å². The van der Waals surface area contributed by atoms with Gasteiger partial charge in [-0.05, 0) is 54.4 Å². The third-order valence-electron chi connectivity index (χ3n) is 3.97. The number of rotatable bonds is 7. The molecule has 3 rings (SSSR count). The van der Waals surface area contributed by atoms with Gasteiger partial charge < -0.3 is 14.8 Å². The van der Waals surface area contributed by atoms with Crippen molar-refractivity contribution in [2.24, 2.45) is 0 Å². The highest BCUT2D eigenvalue weighted by molar-refractivity contribution is 5.47. The van der Waals surface area contributed by atoms with Crippen LogP contribution in [0.2, 0.25) is 0 Å². The van der Waals surface area contributed by atoms with Crippen LogP contribution in [0.5, 0.6) is 11.5 Å². The van der Waals surface area contributed by atoms with E-state index in [9.17, 15) is 0 Å². The number of aryl methyl sites for hydroxylation is 1. The van der Waals surface area contributed by atoms with Gasteiger partial charge in [-0.3, -0.25) is 0 Å². The molecule has 25 heavy (non-hydrogen) atoms. The molecule has 3 aromatic carbocycles. The zero-order valence-electron chi connectivity index (χ0n) is 14.7. The fraction of sp³-hybridized carbons (Fsp3) is 0.182. The lowest BCUT2D eigenvalue weighted by molar-refractivity contribution is 0.306. The molecule has 3 heteroatoms. The molecule has 0 radical (unpaired) electrons. The Morgan fingerprint density at radius 2 is 1.56 bits per heavy atom. The van der Waals surface area contributed by atoms with Crippen molar-refractivity contribution in [1.29, 1.82) is 0 Å². The fourth-order valence-electron chi connectivity index (χ4n) is 2.63. The van der Waals surface area contributed by atoms with Gasteiger partial charge in [0, 0.05) is 12.2 Å². The number of hydrogen-bond donors (Lipinski definition) is 1. The van der Waals surface area contributed by atoms with Crippen LogP contribution in [0.3, 0.4) is 0 Å². The molecular weight excluding hydrogens is 310 g/mol. The average molecular weight is 333 g/mol. The summed E-state index contributed by atoms with van der Waals surface area (Å²) in [4.78, 5) is 0. The Labute approximate surface area is 149 Å². The van der Waals surface area contributed by atoms with Crippen LogP contribution in [0.15, 0.2) is 72.8 Å². The average Bonchev–Trinajstić information content (AvgIpc) is 2.65. The highest BCUT2D eigenvalue weighted by atomic mass is 16.5. The molecule has 3 nitrogen and oxygen atoms in total. The van der Waals surface area contributed by atoms with Gasteiger partial charge >= 0.3 is 0 Å². The molecule has 0 atom stereocenters. The van der Waals surface area contributed by atoms with Gasteiger partial charge in [0.05, 0.1) is 7.11 Å². The van der Waals surface area contributed by atoms with Crippen molar-refractivity contribution in [2.75, 3.05) is 12.4 Å². The van der Waals surface area contributed by atoms with Crippen LogP contribution in [0.25, 0.3) is 0 Å². The Morgan fingerprint density at radius 1 is 0.800 bits per heavy atom. The Kier molecular flexibility index (Phi) is 5.57. The van der Waals surface area contributed by atoms with Crippen LogP contribution in [0.4, 0.5) is 5.69 Å². The van der Waals surface area contributed by atoms with Crippen LogP contribution in [-0.2, 0) is 13.2 Å². The van der Waals surface area contributed by atoms with Crippen LogP contribution in [-0.4, -0.2) is 7.11 Å². The lowest BCUT2D eigenvalue weighted by Gasteiger charge is -2.10. The van der Waals surface area contributed by atoms with Gasteiger partial charge in [0.25, 0.3) is 0 Å². The molecule has 0 spiro atoms. The zero-order valence-corrected chi connectivity index (χ0v) is 14.7. The summed E-state index contributed by atoms with van der Waals surface area (Å²) < 4.78 is 11.1. The molecule has 0 heterocycles. The van der Waals surface area contributed by atoms with Crippen LogP contribution < -0.4 is 14.8 Å². The maximum atomic E-state index is 5.93. The van der Waals surface area contributed by atoms with E-state index in [0.29, 0.717) is 6.61 Å². The van der Waals surface area contributed by atoms with Gasteiger partial charge in [-0.2, -0.15) is 0 Å². The third kappa shape index (κ3) is 5.01. The van der Waals surface area contributed by atoms with Gasteiger partial charge in [0.1, 0.15) is 18.1 Å². The number of methoxy groups -OCH3 is 1. The number of benzene rings is 3. The first-order valence-corrected chi connectivity index (χ1v) is 8.38. The van der Waals surface area contributed by atoms with Gasteiger partial charge in [-0.15, -0.1) is 0 Å². The maximum Gasteiger partial charge on any atom is 0.120 e. The number of anilines is 1. The molecular formula is C22H23NO2. The molecule has 0 aliphatic heterocycles. The lowest BCUT2D eigenvalue weighted by Crippen LogP contribution is -2.00. The van der Waals surface area contributed by atoms with Gasteiger partial charge in [-0.25, -0.2) is 0 Å². The summed E-state index contributed by atoms with van der Waals surface area (Å²) in [5.41, 5.74) is 4.67. The molecule has 0 aliphatic rings. The molecule has 0 unspecified atom stereocenters. The molecule has 0 aromatic heterocycles. The van der Waals surface area contributed by atoms with Gasteiger partial charge in [0.2, 0.25) is 0 Å². The summed E-state index contributed by atoms with van der Waals surface area (Å²) in [5, 5.41) is 3.41. The molecule has 0 fully saturated rings. The molecule has 0 saturated carbocycles. The van der Waals surface area contributed by atoms with E-state index in [1.165, 1.54) is 16.7 Å². The topological polar surface area (TPSA) is 30.5 Å². The normalized spacial score (nSPS) is 10.3. The first kappa shape index (κ1) is 16.9.